The van der Waals surface area contributed by atoms with E-state index in [1.807, 2.05) is 0 Å². The summed E-state index contributed by atoms with van der Waals surface area (Å²) in [4.78, 5) is 43.4. The Balaban J connectivity index is 0.000000450. The molecule has 2 aromatic rings. The van der Waals surface area contributed by atoms with Crippen LogP contribution in [0, 0.1) is 0 Å². The van der Waals surface area contributed by atoms with Crippen LogP contribution in [0.5, 0.6) is 0 Å². The summed E-state index contributed by atoms with van der Waals surface area (Å²) in [6.45, 7) is 0. The number of carboxylic acids is 1. The molecule has 0 unspecified atom stereocenters. The third kappa shape index (κ3) is 4.29. The second kappa shape index (κ2) is 8.39. The molecule has 0 amide bonds. The van der Waals surface area contributed by atoms with Crippen molar-refractivity contribution in [3.63, 3.8) is 0 Å². The number of carboxylic acid groups (broad SMARTS) is 1. The average molecular weight is 347 g/mol. The van der Waals surface area contributed by atoms with Crippen LogP contribution in [-0.2, 0) is 9.47 Å². The number of aromatic carboxylic acids is 1. The minimum Gasteiger partial charge on any atom is -0.478 e. The number of cyclic esters (lactones) is 2. The minimum absolute atomic E-state index is 0. The molecular weight excluding hydrogens is 328 g/mol. The van der Waals surface area contributed by atoms with Gasteiger partial charge in [-0.2, -0.15) is 0 Å². The zero-order chi connectivity index (χ0) is 17.7. The lowest BCUT2D eigenvalue weighted by Gasteiger charge is -2.02. The van der Waals surface area contributed by atoms with Crippen molar-refractivity contribution in [2.45, 2.75) is 7.43 Å². The molecular formula is C18H18O7. The highest BCUT2D eigenvalue weighted by Gasteiger charge is 2.28. The number of methoxy groups -OCH3 is 1. The Morgan fingerprint density at radius 2 is 1.36 bits per heavy atom. The summed E-state index contributed by atoms with van der Waals surface area (Å²) in [6, 6.07) is 12.4. The van der Waals surface area contributed by atoms with Gasteiger partial charge >= 0.3 is 23.9 Å². The number of hydrogen-bond donors (Lipinski definition) is 1. The van der Waals surface area contributed by atoms with Crippen LogP contribution < -0.4 is 0 Å². The minimum atomic E-state index is -1.14. The van der Waals surface area contributed by atoms with Gasteiger partial charge in [0.2, 0.25) is 0 Å². The van der Waals surface area contributed by atoms with Crippen LogP contribution in [0.15, 0.2) is 48.5 Å². The summed E-state index contributed by atoms with van der Waals surface area (Å²) < 4.78 is 8.78. The van der Waals surface area contributed by atoms with Crippen LogP contribution in [0.3, 0.4) is 0 Å². The molecule has 1 N–H and O–H groups in total. The first-order valence-corrected chi connectivity index (χ1v) is 6.72. The number of ether oxygens (including phenoxy) is 2. The van der Waals surface area contributed by atoms with E-state index in [2.05, 4.69) is 9.47 Å². The van der Waals surface area contributed by atoms with Crippen LogP contribution in [-0.4, -0.2) is 36.1 Å². The van der Waals surface area contributed by atoms with E-state index >= 15 is 0 Å². The first kappa shape index (κ1) is 19.6. The van der Waals surface area contributed by atoms with Gasteiger partial charge in [0.05, 0.1) is 29.4 Å². The highest BCUT2D eigenvalue weighted by atomic mass is 16.6. The molecule has 0 fully saturated rings. The average Bonchev–Trinajstić information content (AvgIpc) is 2.89. The Morgan fingerprint density at radius 1 is 0.920 bits per heavy atom. The number of benzene rings is 2. The molecule has 3 rings (SSSR count). The normalized spacial score (nSPS) is 11.2. The van der Waals surface area contributed by atoms with Gasteiger partial charge in [-0.3, -0.25) is 0 Å². The SMILES string of the molecule is C.COC(=O)c1ccccc1C(=O)O.O=C1OC(=O)c2ccccc21.[2HH]. The molecule has 1 aliphatic rings. The maximum absolute atomic E-state index is 11.1. The molecule has 7 heteroatoms. The first-order valence-electron chi connectivity index (χ1n) is 6.72. The van der Waals surface area contributed by atoms with Crippen LogP contribution in [0.1, 0.15) is 50.3 Å². The van der Waals surface area contributed by atoms with E-state index in [-0.39, 0.29) is 20.0 Å². The second-order valence-corrected chi connectivity index (χ2v) is 4.56. The topological polar surface area (TPSA) is 107 Å². The van der Waals surface area contributed by atoms with Crippen LogP contribution in [0.2, 0.25) is 0 Å². The van der Waals surface area contributed by atoms with Gasteiger partial charge in [-0.25, -0.2) is 19.2 Å². The van der Waals surface area contributed by atoms with Crippen LogP contribution in [0.4, 0.5) is 0 Å². The summed E-state index contributed by atoms with van der Waals surface area (Å²) in [5.41, 5.74) is 0.738. The second-order valence-electron chi connectivity index (χ2n) is 4.56. The van der Waals surface area contributed by atoms with Crippen molar-refractivity contribution in [2.75, 3.05) is 7.11 Å². The van der Waals surface area contributed by atoms with Gasteiger partial charge in [-0.1, -0.05) is 31.7 Å². The fourth-order valence-electron chi connectivity index (χ4n) is 1.99. The molecule has 0 radical (unpaired) electrons. The zero-order valence-corrected chi connectivity index (χ0v) is 12.5. The van der Waals surface area contributed by atoms with Gasteiger partial charge in [0.15, 0.2) is 0 Å². The quantitative estimate of drug-likeness (QED) is 0.657. The largest absolute Gasteiger partial charge is 0.478 e. The van der Waals surface area contributed by atoms with Gasteiger partial charge in [0.25, 0.3) is 0 Å². The number of fused-ring (bicyclic) bond motifs is 1. The third-order valence-electron chi connectivity index (χ3n) is 3.12. The van der Waals surface area contributed by atoms with Gasteiger partial charge < -0.3 is 14.6 Å². The van der Waals surface area contributed by atoms with E-state index in [0.29, 0.717) is 11.1 Å². The number of esters is 3. The lowest BCUT2D eigenvalue weighted by molar-refractivity contribution is 0.0442. The highest BCUT2D eigenvalue weighted by Crippen LogP contribution is 2.18. The standard InChI is InChI=1S/C9H8O4.C8H4O3.CH4.H2/c1-13-9(12)7-5-3-2-4-6(7)8(10)11;9-7-5-3-1-2-4-6(5)8(10)11-7;;/h2-5H,1H3,(H,10,11);1-4H;1H4;1H/i;;;1+1. The van der Waals surface area contributed by atoms with Crippen molar-refractivity contribution in [3.05, 3.63) is 70.8 Å². The fraction of sp³-hybridized carbons (Fsp3) is 0.111. The van der Waals surface area contributed by atoms with Crippen molar-refractivity contribution < 1.29 is 35.2 Å². The van der Waals surface area contributed by atoms with E-state index in [1.54, 1.807) is 36.4 Å². The summed E-state index contributed by atoms with van der Waals surface area (Å²) >= 11 is 0. The van der Waals surface area contributed by atoms with E-state index in [0.717, 1.165) is 0 Å². The molecule has 0 spiro atoms. The number of carbonyl (C=O) groups excluding carboxylic acids is 3. The predicted octanol–water partition coefficient (Wildman–Crippen LogP) is 3.05. The van der Waals surface area contributed by atoms with E-state index in [1.165, 1.54) is 19.2 Å². The maximum atomic E-state index is 11.1. The summed E-state index contributed by atoms with van der Waals surface area (Å²) in [6.07, 6.45) is 0. The molecule has 1 heterocycles. The van der Waals surface area contributed by atoms with Gasteiger partial charge in [0, 0.05) is 1.43 Å². The number of carbonyl (C=O) groups is 4. The number of rotatable bonds is 2. The van der Waals surface area contributed by atoms with Crippen molar-refractivity contribution >= 4 is 23.9 Å². The lowest BCUT2D eigenvalue weighted by atomic mass is 10.1. The lowest BCUT2D eigenvalue weighted by Crippen LogP contribution is -2.09. The summed E-state index contributed by atoms with van der Waals surface area (Å²) in [5, 5.41) is 8.70. The Kier molecular flexibility index (Phi) is 6.57. The van der Waals surface area contributed by atoms with E-state index in [4.69, 9.17) is 5.11 Å². The van der Waals surface area contributed by atoms with E-state index < -0.39 is 23.9 Å². The molecule has 25 heavy (non-hydrogen) atoms. The summed E-state index contributed by atoms with van der Waals surface area (Å²) in [5.74, 6) is -2.88. The van der Waals surface area contributed by atoms with Crippen molar-refractivity contribution in [1.29, 1.82) is 0 Å². The number of hydrogen-bond acceptors (Lipinski definition) is 6. The molecule has 132 valence electrons. The molecule has 0 aliphatic carbocycles. The molecule has 0 saturated heterocycles. The highest BCUT2D eigenvalue weighted by molar-refractivity contribution is 6.14. The van der Waals surface area contributed by atoms with Gasteiger partial charge in [-0.15, -0.1) is 0 Å². The van der Waals surface area contributed by atoms with E-state index in [9.17, 15) is 19.2 Å². The van der Waals surface area contributed by atoms with Crippen molar-refractivity contribution in [1.82, 2.24) is 0 Å². The Morgan fingerprint density at radius 3 is 1.80 bits per heavy atom. The molecule has 7 nitrogen and oxygen atoms in total. The van der Waals surface area contributed by atoms with Crippen LogP contribution >= 0.6 is 0 Å². The van der Waals surface area contributed by atoms with Crippen molar-refractivity contribution in [2.24, 2.45) is 0 Å². The van der Waals surface area contributed by atoms with Gasteiger partial charge in [-0.05, 0) is 24.3 Å². The van der Waals surface area contributed by atoms with Crippen LogP contribution in [0.25, 0.3) is 0 Å². The van der Waals surface area contributed by atoms with Gasteiger partial charge in [0.1, 0.15) is 0 Å². The monoisotopic (exact) mass is 347 g/mol. The maximum Gasteiger partial charge on any atom is 0.346 e. The molecule has 0 bridgehead atoms. The molecule has 2 aromatic carbocycles. The third-order valence-corrected chi connectivity index (χ3v) is 3.12. The molecule has 0 atom stereocenters. The zero-order valence-electron chi connectivity index (χ0n) is 12.5. The fourth-order valence-corrected chi connectivity index (χ4v) is 1.99. The first-order chi connectivity index (χ1) is 11.5. The molecule has 0 aromatic heterocycles. The Labute approximate surface area is 145 Å². The molecule has 0 saturated carbocycles. The smallest absolute Gasteiger partial charge is 0.346 e. The Hall–Kier alpha value is -3.48. The molecule has 1 aliphatic heterocycles. The van der Waals surface area contributed by atoms with Crippen molar-refractivity contribution in [3.8, 4) is 0 Å². The predicted molar refractivity (Wildman–Crippen MR) is 89.8 cm³/mol. The summed E-state index contributed by atoms with van der Waals surface area (Å²) in [7, 11) is 1.21. The Bertz CT molecular complexity index is 797.